The Morgan fingerprint density at radius 1 is 0.927 bits per heavy atom. The van der Waals surface area contributed by atoms with Crippen LogP contribution in [-0.4, -0.2) is 146 Å². The maximum absolute atomic E-state index is 14.8. The van der Waals surface area contributed by atoms with E-state index in [1.165, 1.54) is 40.1 Å². The Morgan fingerprint density at radius 2 is 1.68 bits per heavy atom. The summed E-state index contributed by atoms with van der Waals surface area (Å²) in [4.78, 5) is 146. The fourth-order valence-corrected chi connectivity index (χ4v) is 12.9. The van der Waals surface area contributed by atoms with Gasteiger partial charge in [0.15, 0.2) is 0 Å². The largest absolute Gasteiger partial charge is 0.399 e. The number of alkyl halides is 2. The van der Waals surface area contributed by atoms with Gasteiger partial charge in [0.05, 0.1) is 4.88 Å². The van der Waals surface area contributed by atoms with Crippen LogP contribution in [0.5, 0.6) is 0 Å². The molecule has 3 aromatic carbocycles. The Morgan fingerprint density at radius 3 is 2.40 bits per heavy atom. The molecule has 0 radical (unpaired) electrons. The predicted molar refractivity (Wildman–Crippen MR) is 290 cm³/mol. The summed E-state index contributed by atoms with van der Waals surface area (Å²) in [6, 6.07) is 8.10. The molecule has 6 heterocycles. The number of nitrogens with two attached hydrogens (primary N) is 1. The Kier molecular flexibility index (Phi) is 17.7. The molecule has 434 valence electrons. The van der Waals surface area contributed by atoms with Crippen LogP contribution in [0.2, 0.25) is 0 Å². The lowest BCUT2D eigenvalue weighted by Crippen LogP contribution is -2.61. The third kappa shape index (κ3) is 12.9. The number of fused-ring (bicyclic) bond motifs is 3. The van der Waals surface area contributed by atoms with E-state index in [1.807, 2.05) is 11.0 Å². The highest BCUT2D eigenvalue weighted by Crippen LogP contribution is 2.59. The maximum Gasteiger partial charge on any atom is 0.399 e. The van der Waals surface area contributed by atoms with Crippen LogP contribution in [0.1, 0.15) is 119 Å². The number of halogens is 3. The van der Waals surface area contributed by atoms with Gasteiger partial charge in [0.1, 0.15) is 36.0 Å². The molecule has 9 amide bonds. The standard InChI is InChI=1S/C56H61F3N9O12PS/c1-65-23-22-37-13-15-43(68(37)54(76)41(30-65)62-52(74)45-28-34-26-35(12-17-44(34)82-45)56(58,59)81(78,79)80)51(73)61-40(14-18-46(60)69)49(71)64-48(33-9-4-10-36(57)27-33)55(77)66-24-20-31(21-25-66)6-2-3-7-32-8-5-11-38-39(32)29-67(53(38)75)42-16-19-47(70)63-50(42)72/h4-5,8-12,17,26-28,31,37,40-43,48H,2,6,13-16,18-25,29-30H2,1H3,(H2,60,69)(H,61,73)(H,62,74)(H,64,71)(H,63,70,72)(H2,78,79,80)/t37-,40+,41+,42?,43+,48+/m1/s1. The van der Waals surface area contributed by atoms with Crippen LogP contribution in [0.25, 0.3) is 10.1 Å². The molecule has 5 aliphatic heterocycles. The van der Waals surface area contributed by atoms with Crippen molar-refractivity contribution in [2.24, 2.45) is 11.7 Å². The quantitative estimate of drug-likeness (QED) is 0.0481. The van der Waals surface area contributed by atoms with Gasteiger partial charge in [0.2, 0.25) is 41.4 Å². The smallest absolute Gasteiger partial charge is 0.370 e. The molecule has 0 spiro atoms. The molecule has 0 aliphatic carbocycles. The molecule has 6 atom stereocenters. The van der Waals surface area contributed by atoms with Gasteiger partial charge in [0.25, 0.3) is 11.8 Å². The molecule has 1 unspecified atom stereocenters. The van der Waals surface area contributed by atoms with Crippen molar-refractivity contribution in [3.05, 3.63) is 105 Å². The number of carbonyl (C=O) groups excluding carboxylic acids is 9. The summed E-state index contributed by atoms with van der Waals surface area (Å²) in [5.41, 5.74) is 2.05. The predicted octanol–water partition coefficient (Wildman–Crippen LogP) is 3.50. The van der Waals surface area contributed by atoms with Crippen molar-refractivity contribution in [2.45, 2.75) is 119 Å². The van der Waals surface area contributed by atoms with Crippen molar-refractivity contribution in [1.82, 2.24) is 40.9 Å². The molecule has 82 heavy (non-hydrogen) atoms. The van der Waals surface area contributed by atoms with Crippen molar-refractivity contribution in [3.8, 4) is 11.8 Å². The van der Waals surface area contributed by atoms with Gasteiger partial charge in [-0.05, 0) is 130 Å². The zero-order valence-corrected chi connectivity index (χ0v) is 46.2. The molecule has 1 aromatic heterocycles. The number of thiophene rings is 1. The second kappa shape index (κ2) is 24.5. The number of nitrogens with zero attached hydrogens (tertiary/aromatic N) is 4. The zero-order valence-electron chi connectivity index (χ0n) is 44.5. The van der Waals surface area contributed by atoms with Gasteiger partial charge in [-0.25, -0.2) is 4.39 Å². The Labute approximate surface area is 473 Å². The van der Waals surface area contributed by atoms with Crippen LogP contribution in [0.15, 0.2) is 66.7 Å². The molecule has 21 nitrogen and oxygen atoms in total. The van der Waals surface area contributed by atoms with Gasteiger partial charge < -0.3 is 51.1 Å². The van der Waals surface area contributed by atoms with Gasteiger partial charge in [-0.1, -0.05) is 36.1 Å². The number of imide groups is 1. The van der Waals surface area contributed by atoms with Crippen LogP contribution in [0, 0.1) is 23.6 Å². The van der Waals surface area contributed by atoms with Crippen molar-refractivity contribution < 1.29 is 70.7 Å². The molecule has 4 saturated heterocycles. The van der Waals surface area contributed by atoms with Crippen LogP contribution >= 0.6 is 18.9 Å². The average molecular weight is 1170 g/mol. The van der Waals surface area contributed by atoms with Crippen LogP contribution < -0.4 is 27.0 Å². The van der Waals surface area contributed by atoms with E-state index in [-0.39, 0.29) is 78.8 Å². The number of amides is 9. The molecular formula is C56H61F3N9O12PS. The summed E-state index contributed by atoms with van der Waals surface area (Å²) in [7, 11) is -4.13. The van der Waals surface area contributed by atoms with E-state index < -0.39 is 102 Å². The minimum absolute atomic E-state index is 0.00907. The first kappa shape index (κ1) is 59.1. The van der Waals surface area contributed by atoms with Crippen molar-refractivity contribution in [2.75, 3.05) is 33.2 Å². The third-order valence-corrected chi connectivity index (χ3v) is 18.0. The van der Waals surface area contributed by atoms with Crippen LogP contribution in [0.3, 0.4) is 0 Å². The molecule has 5 aliphatic rings. The van der Waals surface area contributed by atoms with Crippen molar-refractivity contribution in [1.29, 1.82) is 0 Å². The molecular weight excluding hydrogens is 1110 g/mol. The summed E-state index contributed by atoms with van der Waals surface area (Å²) in [6.45, 7) is 1.25. The number of piperidine rings is 2. The SMILES string of the molecule is CN1CC[C@H]2CC[C@@H](C(=O)N[C@@H](CCC(N)=O)C(=O)N[C@H](C(=O)N3CCC(CCC#Cc4cccc5c4CN(C4CCC(=O)NC4=O)C5=O)CC3)c3cccc(F)c3)N2C(=O)[C@@H](NC(=O)c2cc3cc(C(F)(F)P(=O)(O)O)ccc3s2)C1. The lowest BCUT2D eigenvalue weighted by molar-refractivity contribution is -0.144. The first-order valence-corrected chi connectivity index (χ1v) is 29.4. The zero-order chi connectivity index (χ0) is 58.8. The molecule has 0 bridgehead atoms. The minimum atomic E-state index is -5.88. The topological polar surface area (TPSA) is 298 Å². The minimum Gasteiger partial charge on any atom is -0.370 e. The van der Waals surface area contributed by atoms with E-state index in [9.17, 15) is 70.7 Å². The number of primary amides is 1. The third-order valence-electron chi connectivity index (χ3n) is 15.9. The summed E-state index contributed by atoms with van der Waals surface area (Å²) in [5.74, 6) is 0.393. The van der Waals surface area contributed by atoms with Crippen molar-refractivity contribution in [3.63, 3.8) is 0 Å². The monoisotopic (exact) mass is 1170 g/mol. The number of rotatable bonds is 16. The number of likely N-dealkylation sites (tertiary alicyclic amines) is 1. The normalized spacial score (nSPS) is 21.6. The Hall–Kier alpha value is -7.49. The van der Waals surface area contributed by atoms with Crippen LogP contribution in [0.4, 0.5) is 13.2 Å². The van der Waals surface area contributed by atoms with E-state index in [1.54, 1.807) is 24.1 Å². The number of likely N-dealkylation sites (N-methyl/N-ethyl adjacent to an activating group) is 1. The molecule has 26 heteroatoms. The van der Waals surface area contributed by atoms with Gasteiger partial charge in [-0.15, -0.1) is 11.3 Å². The van der Waals surface area contributed by atoms with E-state index in [2.05, 4.69) is 33.1 Å². The number of hydrogen-bond acceptors (Lipinski definition) is 12. The summed E-state index contributed by atoms with van der Waals surface area (Å²) < 4.78 is 55.9. The highest BCUT2D eigenvalue weighted by atomic mass is 32.1. The Balaban J connectivity index is 0.840. The highest BCUT2D eigenvalue weighted by molar-refractivity contribution is 7.52. The van der Waals surface area contributed by atoms with Gasteiger partial charge >= 0.3 is 13.3 Å². The molecule has 0 saturated carbocycles. The number of carbonyl (C=O) groups is 9. The molecule has 8 N–H and O–H groups in total. The summed E-state index contributed by atoms with van der Waals surface area (Å²) in [6.07, 6.45) is 3.07. The summed E-state index contributed by atoms with van der Waals surface area (Å²) in [5, 5.41) is 10.5. The van der Waals surface area contributed by atoms with E-state index in [4.69, 9.17) is 5.73 Å². The lowest BCUT2D eigenvalue weighted by Gasteiger charge is -2.38. The lowest BCUT2D eigenvalue weighted by atomic mass is 9.91. The van der Waals surface area contributed by atoms with Crippen LogP contribution in [-0.2, 0) is 50.3 Å². The maximum atomic E-state index is 14.8. The fourth-order valence-electron chi connectivity index (χ4n) is 11.4. The van der Waals surface area contributed by atoms with E-state index in [0.717, 1.165) is 35.1 Å². The van der Waals surface area contributed by atoms with Gasteiger partial charge in [0, 0.05) is 72.9 Å². The van der Waals surface area contributed by atoms with E-state index in [0.29, 0.717) is 74.0 Å². The first-order chi connectivity index (χ1) is 39.0. The van der Waals surface area contributed by atoms with Crippen molar-refractivity contribution >= 4 is 82.2 Å². The number of nitrogens with one attached hydrogen (secondary N) is 4. The number of benzene rings is 3. The molecule has 4 aromatic rings. The summed E-state index contributed by atoms with van der Waals surface area (Å²) >= 11 is 0.903. The second-order valence-electron chi connectivity index (χ2n) is 21.4. The average Bonchev–Trinajstić information content (AvgIpc) is 4.38. The number of hydrogen-bond donors (Lipinski definition) is 7. The van der Waals surface area contributed by atoms with E-state index >= 15 is 0 Å². The Bertz CT molecular complexity index is 3360. The van der Waals surface area contributed by atoms with Gasteiger partial charge in [-0.2, -0.15) is 8.78 Å². The fraction of sp³-hybridized carbons (Fsp3) is 0.446. The second-order valence-corrected chi connectivity index (χ2v) is 24.2. The highest BCUT2D eigenvalue weighted by Gasteiger charge is 2.51. The molecule has 9 rings (SSSR count). The van der Waals surface area contributed by atoms with Gasteiger partial charge in [-0.3, -0.25) is 53.0 Å². The molecule has 4 fully saturated rings. The first-order valence-electron chi connectivity index (χ1n) is 26.9.